The van der Waals surface area contributed by atoms with Crippen LogP contribution in [0, 0.1) is 0 Å². The molecule has 0 heterocycles. The zero-order chi connectivity index (χ0) is 16.0. The van der Waals surface area contributed by atoms with Gasteiger partial charge in [-0.1, -0.05) is 39.3 Å². The zero-order valence-electron chi connectivity index (χ0n) is 13.1. The van der Waals surface area contributed by atoms with Gasteiger partial charge in [-0.05, 0) is 36.5 Å². The molecule has 21 heavy (non-hydrogen) atoms. The third-order valence-electron chi connectivity index (χ3n) is 3.88. The number of aliphatic hydroxyl groups excluding tert-OH is 1. The molecule has 3 unspecified atom stereocenters. The van der Waals surface area contributed by atoms with Crippen LogP contribution in [0.1, 0.15) is 51.5 Å². The van der Waals surface area contributed by atoms with E-state index >= 15 is 0 Å². The third kappa shape index (κ3) is 5.09. The van der Waals surface area contributed by atoms with E-state index in [0.29, 0.717) is 11.3 Å². The Balaban J connectivity index is 2.84. The molecule has 0 aliphatic rings. The lowest BCUT2D eigenvalue weighted by atomic mass is 9.91. The van der Waals surface area contributed by atoms with E-state index in [9.17, 15) is 13.5 Å². The fourth-order valence-corrected chi connectivity index (χ4v) is 3.31. The summed E-state index contributed by atoms with van der Waals surface area (Å²) in [5, 5.41) is 10.1. The molecule has 5 heteroatoms. The van der Waals surface area contributed by atoms with Gasteiger partial charge < -0.3 is 10.8 Å². The number of aliphatic hydroxyl groups is 1. The average Bonchev–Trinajstić information content (AvgIpc) is 2.47. The molecule has 0 saturated carbocycles. The van der Waals surface area contributed by atoms with Crippen LogP contribution in [-0.4, -0.2) is 31.4 Å². The second kappa shape index (κ2) is 7.92. The first-order valence-corrected chi connectivity index (χ1v) is 9.23. The highest BCUT2D eigenvalue weighted by Gasteiger charge is 2.19. The van der Waals surface area contributed by atoms with E-state index in [1.165, 1.54) is 0 Å². The van der Waals surface area contributed by atoms with Crippen LogP contribution in [0.2, 0.25) is 0 Å². The molecule has 120 valence electrons. The van der Waals surface area contributed by atoms with E-state index in [1.54, 1.807) is 25.1 Å². The lowest BCUT2D eigenvalue weighted by Gasteiger charge is -2.22. The third-order valence-corrected chi connectivity index (χ3v) is 5.61. The summed E-state index contributed by atoms with van der Waals surface area (Å²) in [6.45, 7) is 5.66. The first-order valence-electron chi connectivity index (χ1n) is 7.58. The fraction of sp³-hybridized carbons (Fsp3) is 0.625. The highest BCUT2D eigenvalue weighted by molar-refractivity contribution is 7.91. The summed E-state index contributed by atoms with van der Waals surface area (Å²) < 4.78 is 23.8. The molecule has 0 saturated heterocycles. The second-order valence-corrected chi connectivity index (χ2v) is 7.91. The van der Waals surface area contributed by atoms with Gasteiger partial charge in [0.25, 0.3) is 0 Å². The van der Waals surface area contributed by atoms with E-state index in [1.807, 2.05) is 19.9 Å². The average molecular weight is 313 g/mol. The van der Waals surface area contributed by atoms with Crippen LogP contribution in [-0.2, 0) is 9.84 Å². The van der Waals surface area contributed by atoms with Gasteiger partial charge in [-0.3, -0.25) is 0 Å². The summed E-state index contributed by atoms with van der Waals surface area (Å²) in [5.74, 6) is 0.157. The number of hydrogen-bond donors (Lipinski definition) is 2. The normalized spacial score (nSPS) is 16.4. The van der Waals surface area contributed by atoms with Crippen LogP contribution in [0.25, 0.3) is 0 Å². The van der Waals surface area contributed by atoms with Gasteiger partial charge in [0.2, 0.25) is 0 Å². The molecule has 1 rings (SSSR count). The lowest BCUT2D eigenvalue weighted by molar-refractivity contribution is 0.124. The van der Waals surface area contributed by atoms with Crippen LogP contribution in [0.5, 0.6) is 0 Å². The quantitative estimate of drug-likeness (QED) is 0.772. The largest absolute Gasteiger partial charge is 0.391 e. The Hall–Kier alpha value is -0.910. The topological polar surface area (TPSA) is 80.4 Å². The number of nitrogens with two attached hydrogens (primary N) is 1. The Bertz CT molecular complexity index is 542. The van der Waals surface area contributed by atoms with Gasteiger partial charge in [-0.2, -0.15) is 0 Å². The molecule has 3 N–H and O–H groups in total. The minimum atomic E-state index is -3.19. The summed E-state index contributed by atoms with van der Waals surface area (Å²) >= 11 is 0. The van der Waals surface area contributed by atoms with E-state index in [2.05, 4.69) is 0 Å². The molecule has 1 aromatic rings. The van der Waals surface area contributed by atoms with Crippen molar-refractivity contribution in [3.05, 3.63) is 29.8 Å². The predicted octanol–water partition coefficient (Wildman–Crippen LogP) is 2.46. The van der Waals surface area contributed by atoms with Crippen LogP contribution in [0.15, 0.2) is 29.2 Å². The van der Waals surface area contributed by atoms with Gasteiger partial charge in [0.15, 0.2) is 9.84 Å². The molecule has 0 amide bonds. The molecule has 4 nitrogen and oxygen atoms in total. The molecule has 0 aliphatic carbocycles. The lowest BCUT2D eigenvalue weighted by Crippen LogP contribution is -2.35. The molecule has 0 bridgehead atoms. The van der Waals surface area contributed by atoms with Gasteiger partial charge >= 0.3 is 0 Å². The van der Waals surface area contributed by atoms with Crippen molar-refractivity contribution in [1.82, 2.24) is 0 Å². The predicted molar refractivity (Wildman–Crippen MR) is 86.1 cm³/mol. The van der Waals surface area contributed by atoms with Gasteiger partial charge in [-0.15, -0.1) is 0 Å². The van der Waals surface area contributed by atoms with Crippen LogP contribution in [0.4, 0.5) is 0 Å². The van der Waals surface area contributed by atoms with Crippen molar-refractivity contribution in [2.75, 3.05) is 5.75 Å². The molecule has 0 fully saturated rings. The van der Waals surface area contributed by atoms with E-state index in [4.69, 9.17) is 5.73 Å². The van der Waals surface area contributed by atoms with Crippen molar-refractivity contribution in [2.45, 2.75) is 63.0 Å². The van der Waals surface area contributed by atoms with E-state index in [0.717, 1.165) is 18.4 Å². The maximum Gasteiger partial charge on any atom is 0.178 e. The summed E-state index contributed by atoms with van der Waals surface area (Å²) in [5.41, 5.74) is 6.85. The van der Waals surface area contributed by atoms with Crippen LogP contribution >= 0.6 is 0 Å². The maximum atomic E-state index is 11.9. The Morgan fingerprint density at radius 2 is 1.95 bits per heavy atom. The number of sulfone groups is 1. The van der Waals surface area contributed by atoms with Gasteiger partial charge in [0.05, 0.1) is 16.8 Å². The van der Waals surface area contributed by atoms with Crippen molar-refractivity contribution in [1.29, 1.82) is 0 Å². The first-order chi connectivity index (χ1) is 9.81. The minimum absolute atomic E-state index is 0.0647. The fourth-order valence-electron chi connectivity index (χ4n) is 2.38. The van der Waals surface area contributed by atoms with E-state index < -0.39 is 15.9 Å². The Morgan fingerprint density at radius 1 is 1.29 bits per heavy atom. The van der Waals surface area contributed by atoms with Gasteiger partial charge in [-0.25, -0.2) is 8.42 Å². The summed E-state index contributed by atoms with van der Waals surface area (Å²) in [7, 11) is -3.19. The van der Waals surface area contributed by atoms with Crippen molar-refractivity contribution in [2.24, 2.45) is 5.73 Å². The van der Waals surface area contributed by atoms with Crippen molar-refractivity contribution >= 4 is 9.84 Å². The maximum absolute atomic E-state index is 11.9. The molecule has 3 atom stereocenters. The highest BCUT2D eigenvalue weighted by atomic mass is 32.2. The standard InChI is InChI=1S/C16H27NO3S/c1-4-7-15(17)16(18)10-12(3)13-8-6-9-14(11-13)21(19,20)5-2/h6,8-9,11-12,15-16,18H,4-5,7,10,17H2,1-3H3. The minimum Gasteiger partial charge on any atom is -0.391 e. The van der Waals surface area contributed by atoms with Gasteiger partial charge in [0, 0.05) is 6.04 Å². The summed E-state index contributed by atoms with van der Waals surface area (Å²) in [6, 6.07) is 6.76. The Morgan fingerprint density at radius 3 is 2.52 bits per heavy atom. The SMILES string of the molecule is CCCC(N)C(O)CC(C)c1cccc(S(=O)(=O)CC)c1. The van der Waals surface area contributed by atoms with Crippen molar-refractivity contribution in [3.8, 4) is 0 Å². The monoisotopic (exact) mass is 313 g/mol. The van der Waals surface area contributed by atoms with Crippen LogP contribution in [0.3, 0.4) is 0 Å². The number of rotatable bonds is 8. The molecular weight excluding hydrogens is 286 g/mol. The Labute approximate surface area is 128 Å². The molecular formula is C16H27NO3S. The number of benzene rings is 1. The Kier molecular flexibility index (Phi) is 6.84. The molecule has 0 spiro atoms. The van der Waals surface area contributed by atoms with Gasteiger partial charge in [0.1, 0.15) is 0 Å². The van der Waals surface area contributed by atoms with E-state index in [-0.39, 0.29) is 17.7 Å². The van der Waals surface area contributed by atoms with Crippen LogP contribution < -0.4 is 5.73 Å². The second-order valence-electron chi connectivity index (χ2n) is 5.63. The smallest absolute Gasteiger partial charge is 0.178 e. The molecule has 0 radical (unpaired) electrons. The molecule has 0 aromatic heterocycles. The first kappa shape index (κ1) is 18.1. The summed E-state index contributed by atoms with van der Waals surface area (Å²) in [4.78, 5) is 0.349. The number of hydrogen-bond acceptors (Lipinski definition) is 4. The summed E-state index contributed by atoms with van der Waals surface area (Å²) in [6.07, 6.45) is 1.71. The highest BCUT2D eigenvalue weighted by Crippen LogP contribution is 2.25. The molecule has 0 aliphatic heterocycles. The van der Waals surface area contributed by atoms with Crippen molar-refractivity contribution in [3.63, 3.8) is 0 Å². The van der Waals surface area contributed by atoms with Crippen molar-refractivity contribution < 1.29 is 13.5 Å². The molecule has 1 aromatic carbocycles. The zero-order valence-corrected chi connectivity index (χ0v) is 13.9.